The fourth-order valence-corrected chi connectivity index (χ4v) is 2.24. The van der Waals surface area contributed by atoms with Crippen LogP contribution in [-0.4, -0.2) is 17.1 Å². The molecule has 1 N–H and O–H groups in total. The van der Waals surface area contributed by atoms with E-state index in [4.69, 9.17) is 4.74 Å². The molecular formula is C16H14N2O2. The van der Waals surface area contributed by atoms with Gasteiger partial charge in [0.25, 0.3) is 0 Å². The molecule has 20 heavy (non-hydrogen) atoms. The minimum absolute atomic E-state index is 0.324. The van der Waals surface area contributed by atoms with Gasteiger partial charge in [0.15, 0.2) is 0 Å². The van der Waals surface area contributed by atoms with Gasteiger partial charge in [0.1, 0.15) is 5.75 Å². The summed E-state index contributed by atoms with van der Waals surface area (Å²) in [4.78, 5) is 18.1. The number of hydrogen-bond donors (Lipinski definition) is 1. The van der Waals surface area contributed by atoms with Gasteiger partial charge >= 0.3 is 5.69 Å². The molecule has 100 valence electrons. The molecule has 0 unspecified atom stereocenters. The van der Waals surface area contributed by atoms with Crippen LogP contribution in [0.15, 0.2) is 47.3 Å². The zero-order valence-corrected chi connectivity index (χ0v) is 11.3. The lowest BCUT2D eigenvalue weighted by Gasteiger charge is -2.06. The van der Waals surface area contributed by atoms with Gasteiger partial charge in [-0.3, -0.25) is 0 Å². The normalized spacial score (nSPS) is 10.7. The average Bonchev–Trinajstić information content (AvgIpc) is 2.45. The second-order valence-electron chi connectivity index (χ2n) is 4.68. The molecule has 3 rings (SSSR count). The van der Waals surface area contributed by atoms with Crippen LogP contribution in [0.3, 0.4) is 0 Å². The van der Waals surface area contributed by atoms with Crippen LogP contribution in [0.5, 0.6) is 5.75 Å². The molecule has 3 aromatic rings. The maximum Gasteiger partial charge on any atom is 0.345 e. The third-order valence-electron chi connectivity index (χ3n) is 3.22. The Morgan fingerprint density at radius 2 is 1.80 bits per heavy atom. The third-order valence-corrected chi connectivity index (χ3v) is 3.22. The van der Waals surface area contributed by atoms with Gasteiger partial charge in [-0.05, 0) is 42.0 Å². The van der Waals surface area contributed by atoms with Crippen LogP contribution in [0.4, 0.5) is 0 Å². The molecule has 0 aliphatic heterocycles. The Hall–Kier alpha value is -2.62. The number of nitrogens with zero attached hydrogens (tertiary/aromatic N) is 1. The predicted molar refractivity (Wildman–Crippen MR) is 79.1 cm³/mol. The molecule has 4 nitrogen and oxygen atoms in total. The van der Waals surface area contributed by atoms with Crippen molar-refractivity contribution >= 4 is 10.8 Å². The van der Waals surface area contributed by atoms with Gasteiger partial charge in [0.2, 0.25) is 0 Å². The lowest BCUT2D eigenvalue weighted by Crippen LogP contribution is -2.11. The van der Waals surface area contributed by atoms with Gasteiger partial charge < -0.3 is 9.72 Å². The summed E-state index contributed by atoms with van der Waals surface area (Å²) in [6.07, 6.45) is 0. The van der Waals surface area contributed by atoms with Crippen LogP contribution in [0, 0.1) is 6.92 Å². The summed E-state index contributed by atoms with van der Waals surface area (Å²) in [5.41, 5.74) is 2.09. The van der Waals surface area contributed by atoms with Crippen molar-refractivity contribution in [2.45, 2.75) is 6.92 Å². The third kappa shape index (κ3) is 2.28. The molecule has 0 atom stereocenters. The van der Waals surface area contributed by atoms with E-state index in [-0.39, 0.29) is 5.69 Å². The van der Waals surface area contributed by atoms with Crippen molar-refractivity contribution in [2.75, 3.05) is 7.11 Å². The highest BCUT2D eigenvalue weighted by molar-refractivity contribution is 5.87. The van der Waals surface area contributed by atoms with E-state index in [0.717, 1.165) is 27.8 Å². The maximum absolute atomic E-state index is 11.4. The largest absolute Gasteiger partial charge is 0.497 e. The van der Waals surface area contributed by atoms with E-state index < -0.39 is 0 Å². The second kappa shape index (κ2) is 4.81. The fourth-order valence-electron chi connectivity index (χ4n) is 2.24. The topological polar surface area (TPSA) is 55.0 Å². The molecule has 0 radical (unpaired) electrons. The van der Waals surface area contributed by atoms with Gasteiger partial charge in [0, 0.05) is 11.3 Å². The minimum atomic E-state index is -0.324. The number of benzene rings is 2. The molecular weight excluding hydrogens is 252 g/mol. The van der Waals surface area contributed by atoms with E-state index in [1.165, 1.54) is 0 Å². The Morgan fingerprint density at radius 1 is 1.05 bits per heavy atom. The molecule has 0 amide bonds. The number of H-pyrrole nitrogens is 1. The van der Waals surface area contributed by atoms with E-state index in [9.17, 15) is 4.79 Å². The molecule has 0 fully saturated rings. The molecule has 2 aromatic carbocycles. The Kier molecular flexibility index (Phi) is 2.99. The Morgan fingerprint density at radius 3 is 2.55 bits per heavy atom. The van der Waals surface area contributed by atoms with Crippen LogP contribution in [-0.2, 0) is 0 Å². The SMILES string of the molecule is COc1ccc2cc(-c3cc(C)[nH]c(=O)n3)ccc2c1. The number of rotatable bonds is 2. The highest BCUT2D eigenvalue weighted by Gasteiger charge is 2.04. The number of aromatic nitrogens is 2. The van der Waals surface area contributed by atoms with Crippen LogP contribution in [0.1, 0.15) is 5.69 Å². The highest BCUT2D eigenvalue weighted by atomic mass is 16.5. The molecule has 0 bridgehead atoms. The summed E-state index contributed by atoms with van der Waals surface area (Å²) < 4.78 is 5.21. The predicted octanol–water partition coefficient (Wildman–Crippen LogP) is 2.91. The van der Waals surface area contributed by atoms with Gasteiger partial charge in [-0.25, -0.2) is 4.79 Å². The standard InChI is InChI=1S/C16H14N2O2/c1-10-7-15(18-16(19)17-10)13-4-3-12-9-14(20-2)6-5-11(12)8-13/h3-9H,1-2H3,(H,17,18,19). The quantitative estimate of drug-likeness (QED) is 0.776. The molecule has 0 saturated heterocycles. The molecule has 0 aliphatic rings. The Bertz CT molecular complexity index is 837. The molecule has 1 aromatic heterocycles. The summed E-state index contributed by atoms with van der Waals surface area (Å²) in [6, 6.07) is 13.8. The Balaban J connectivity index is 2.15. The first-order valence-electron chi connectivity index (χ1n) is 6.32. The number of ether oxygens (including phenoxy) is 1. The van der Waals surface area contributed by atoms with Crippen LogP contribution >= 0.6 is 0 Å². The number of hydrogen-bond acceptors (Lipinski definition) is 3. The lowest BCUT2D eigenvalue weighted by atomic mass is 10.0. The van der Waals surface area contributed by atoms with E-state index >= 15 is 0 Å². The number of aromatic amines is 1. The van der Waals surface area contributed by atoms with Crippen LogP contribution in [0.25, 0.3) is 22.0 Å². The summed E-state index contributed by atoms with van der Waals surface area (Å²) in [5, 5.41) is 2.18. The summed E-state index contributed by atoms with van der Waals surface area (Å²) in [7, 11) is 1.65. The first-order valence-corrected chi connectivity index (χ1v) is 6.32. The molecule has 4 heteroatoms. The molecule has 0 saturated carbocycles. The van der Waals surface area contributed by atoms with Gasteiger partial charge in [-0.15, -0.1) is 0 Å². The zero-order valence-electron chi connectivity index (χ0n) is 11.3. The van der Waals surface area contributed by atoms with E-state index in [0.29, 0.717) is 5.69 Å². The smallest absolute Gasteiger partial charge is 0.345 e. The van der Waals surface area contributed by atoms with Crippen LogP contribution in [0.2, 0.25) is 0 Å². The van der Waals surface area contributed by atoms with Crippen LogP contribution < -0.4 is 10.4 Å². The van der Waals surface area contributed by atoms with Crippen molar-refractivity contribution in [1.29, 1.82) is 0 Å². The summed E-state index contributed by atoms with van der Waals surface area (Å²) in [5.74, 6) is 0.829. The van der Waals surface area contributed by atoms with Gasteiger partial charge in [0.05, 0.1) is 12.8 Å². The van der Waals surface area contributed by atoms with Crippen molar-refractivity contribution in [3.8, 4) is 17.0 Å². The summed E-state index contributed by atoms with van der Waals surface area (Å²) in [6.45, 7) is 1.85. The van der Waals surface area contributed by atoms with Crippen molar-refractivity contribution in [2.24, 2.45) is 0 Å². The summed E-state index contributed by atoms with van der Waals surface area (Å²) >= 11 is 0. The highest BCUT2D eigenvalue weighted by Crippen LogP contribution is 2.25. The maximum atomic E-state index is 11.4. The zero-order chi connectivity index (χ0) is 14.1. The number of aryl methyl sites for hydroxylation is 1. The van der Waals surface area contributed by atoms with Crippen molar-refractivity contribution < 1.29 is 4.74 Å². The number of nitrogens with one attached hydrogen (secondary N) is 1. The van der Waals surface area contributed by atoms with E-state index in [2.05, 4.69) is 9.97 Å². The average molecular weight is 266 g/mol. The number of fused-ring (bicyclic) bond motifs is 1. The van der Waals surface area contributed by atoms with Crippen molar-refractivity contribution in [3.05, 3.63) is 58.6 Å². The molecule has 0 aliphatic carbocycles. The first-order chi connectivity index (χ1) is 9.65. The lowest BCUT2D eigenvalue weighted by molar-refractivity contribution is 0.415. The van der Waals surface area contributed by atoms with Crippen molar-refractivity contribution in [3.63, 3.8) is 0 Å². The second-order valence-corrected chi connectivity index (χ2v) is 4.68. The minimum Gasteiger partial charge on any atom is -0.497 e. The monoisotopic (exact) mass is 266 g/mol. The van der Waals surface area contributed by atoms with E-state index in [1.54, 1.807) is 7.11 Å². The molecule has 1 heterocycles. The van der Waals surface area contributed by atoms with Crippen molar-refractivity contribution in [1.82, 2.24) is 9.97 Å². The molecule has 0 spiro atoms. The number of methoxy groups -OCH3 is 1. The Labute approximate surface area is 116 Å². The van der Waals surface area contributed by atoms with Gasteiger partial charge in [-0.1, -0.05) is 18.2 Å². The van der Waals surface area contributed by atoms with E-state index in [1.807, 2.05) is 49.4 Å². The first kappa shape index (κ1) is 12.4. The fraction of sp³-hybridized carbons (Fsp3) is 0.125. The van der Waals surface area contributed by atoms with Gasteiger partial charge in [-0.2, -0.15) is 4.98 Å².